The van der Waals surface area contributed by atoms with E-state index in [0.717, 1.165) is 22.4 Å². The molecule has 0 aromatic heterocycles. The summed E-state index contributed by atoms with van der Waals surface area (Å²) in [6.45, 7) is 5.72. The fraction of sp³-hybridized carbons (Fsp3) is 0.185. The first-order chi connectivity index (χ1) is 17.3. The zero-order valence-electron chi connectivity index (χ0n) is 20.5. The Bertz CT molecular complexity index is 1280. The van der Waals surface area contributed by atoms with Crippen LogP contribution >= 0.6 is 0 Å². The summed E-state index contributed by atoms with van der Waals surface area (Å²) in [7, 11) is 1.46. The Hall–Kier alpha value is -4.66. The van der Waals surface area contributed by atoms with Gasteiger partial charge in [-0.05, 0) is 61.7 Å². The van der Waals surface area contributed by atoms with Crippen molar-refractivity contribution in [3.63, 3.8) is 0 Å². The van der Waals surface area contributed by atoms with Crippen molar-refractivity contribution in [2.75, 3.05) is 24.4 Å². The fourth-order valence-corrected chi connectivity index (χ4v) is 3.53. The SMILES string of the molecule is COc1ccccc1NC(=O)C(=O)N/N=C\c1cccc(OCC(=O)Nc2c(C)cc(C)cc2C)c1. The average Bonchev–Trinajstić information content (AvgIpc) is 2.85. The van der Waals surface area contributed by atoms with Crippen molar-refractivity contribution in [1.82, 2.24) is 5.43 Å². The molecule has 0 fully saturated rings. The van der Waals surface area contributed by atoms with Gasteiger partial charge in [-0.3, -0.25) is 14.4 Å². The zero-order valence-corrected chi connectivity index (χ0v) is 20.5. The van der Waals surface area contributed by atoms with Crippen LogP contribution in [-0.2, 0) is 14.4 Å². The van der Waals surface area contributed by atoms with Gasteiger partial charge in [-0.1, -0.05) is 42.0 Å². The molecule has 0 aliphatic rings. The summed E-state index contributed by atoms with van der Waals surface area (Å²) in [5, 5.41) is 9.17. The van der Waals surface area contributed by atoms with E-state index in [-0.39, 0.29) is 12.5 Å². The quantitative estimate of drug-likeness (QED) is 0.254. The lowest BCUT2D eigenvalue weighted by Gasteiger charge is -2.13. The largest absolute Gasteiger partial charge is 0.495 e. The van der Waals surface area contributed by atoms with Gasteiger partial charge >= 0.3 is 11.8 Å². The van der Waals surface area contributed by atoms with Gasteiger partial charge in [-0.25, -0.2) is 5.43 Å². The van der Waals surface area contributed by atoms with Crippen LogP contribution in [0, 0.1) is 20.8 Å². The molecule has 0 aliphatic carbocycles. The van der Waals surface area contributed by atoms with Gasteiger partial charge in [0.05, 0.1) is 19.0 Å². The van der Waals surface area contributed by atoms with Crippen molar-refractivity contribution in [2.45, 2.75) is 20.8 Å². The second-order valence-electron chi connectivity index (χ2n) is 8.04. The van der Waals surface area contributed by atoms with Crippen molar-refractivity contribution in [3.8, 4) is 11.5 Å². The Morgan fingerprint density at radius 1 is 0.889 bits per heavy atom. The zero-order chi connectivity index (χ0) is 26.1. The van der Waals surface area contributed by atoms with Gasteiger partial charge < -0.3 is 20.1 Å². The van der Waals surface area contributed by atoms with Crippen LogP contribution in [0.1, 0.15) is 22.3 Å². The van der Waals surface area contributed by atoms with Crippen LogP contribution < -0.4 is 25.5 Å². The highest BCUT2D eigenvalue weighted by Crippen LogP contribution is 2.23. The number of methoxy groups -OCH3 is 1. The summed E-state index contributed by atoms with van der Waals surface area (Å²) in [4.78, 5) is 36.5. The van der Waals surface area contributed by atoms with Crippen LogP contribution in [0.2, 0.25) is 0 Å². The second-order valence-corrected chi connectivity index (χ2v) is 8.04. The molecule has 9 heteroatoms. The lowest BCUT2D eigenvalue weighted by molar-refractivity contribution is -0.136. The molecule has 0 bridgehead atoms. The number of ether oxygens (including phenoxy) is 2. The molecule has 0 spiro atoms. The van der Waals surface area contributed by atoms with Crippen LogP contribution in [-0.4, -0.2) is 37.7 Å². The number of nitrogens with zero attached hydrogens (tertiary/aromatic N) is 1. The number of carbonyl (C=O) groups is 3. The molecule has 0 unspecified atom stereocenters. The molecule has 0 heterocycles. The van der Waals surface area contributed by atoms with Crippen molar-refractivity contribution >= 4 is 35.3 Å². The molecular weight excluding hydrogens is 460 g/mol. The van der Waals surface area contributed by atoms with Crippen LogP contribution in [0.15, 0.2) is 65.8 Å². The monoisotopic (exact) mass is 488 g/mol. The molecule has 3 aromatic rings. The van der Waals surface area contributed by atoms with E-state index in [2.05, 4.69) is 21.2 Å². The minimum absolute atomic E-state index is 0.173. The first kappa shape index (κ1) is 26.0. The average molecular weight is 489 g/mol. The number of hydrazone groups is 1. The maximum Gasteiger partial charge on any atom is 0.329 e. The first-order valence-electron chi connectivity index (χ1n) is 11.1. The first-order valence-corrected chi connectivity index (χ1v) is 11.1. The number of anilines is 2. The third kappa shape index (κ3) is 7.17. The number of benzene rings is 3. The lowest BCUT2D eigenvalue weighted by Crippen LogP contribution is -2.32. The number of amides is 3. The number of rotatable bonds is 8. The third-order valence-electron chi connectivity index (χ3n) is 5.11. The Labute approximate surface area is 209 Å². The standard InChI is InChI=1S/C27H28N4O5/c1-17-12-18(2)25(19(3)13-17)30-24(32)16-36-21-9-7-8-20(14-21)15-28-31-27(34)26(33)29-22-10-5-6-11-23(22)35-4/h5-15H,16H2,1-4H3,(H,29,33)(H,30,32)(H,31,34)/b28-15-. The number of hydrogen-bond acceptors (Lipinski definition) is 6. The number of aryl methyl sites for hydroxylation is 3. The maximum absolute atomic E-state index is 12.4. The van der Waals surface area contributed by atoms with Crippen LogP contribution in [0.25, 0.3) is 0 Å². The van der Waals surface area contributed by atoms with Crippen LogP contribution in [0.3, 0.4) is 0 Å². The number of carbonyl (C=O) groups excluding carboxylic acids is 3. The van der Waals surface area contributed by atoms with E-state index < -0.39 is 11.8 Å². The normalized spacial score (nSPS) is 10.6. The van der Waals surface area contributed by atoms with Gasteiger partial charge in [-0.15, -0.1) is 0 Å². The van der Waals surface area contributed by atoms with Crippen molar-refractivity contribution in [2.24, 2.45) is 5.10 Å². The summed E-state index contributed by atoms with van der Waals surface area (Å²) >= 11 is 0. The molecule has 186 valence electrons. The van der Waals surface area contributed by atoms with E-state index >= 15 is 0 Å². The van der Waals surface area contributed by atoms with E-state index in [9.17, 15) is 14.4 Å². The summed E-state index contributed by atoms with van der Waals surface area (Å²) in [6, 6.07) is 17.5. The van der Waals surface area contributed by atoms with Gasteiger partial charge in [0.2, 0.25) is 0 Å². The summed E-state index contributed by atoms with van der Waals surface area (Å²) in [5.41, 5.74) is 7.02. The molecule has 9 nitrogen and oxygen atoms in total. The smallest absolute Gasteiger partial charge is 0.329 e. The predicted octanol–water partition coefficient (Wildman–Crippen LogP) is 3.73. The molecule has 3 N–H and O–H groups in total. The predicted molar refractivity (Wildman–Crippen MR) is 139 cm³/mol. The molecule has 0 atom stereocenters. The highest BCUT2D eigenvalue weighted by atomic mass is 16.5. The number of nitrogens with one attached hydrogen (secondary N) is 3. The highest BCUT2D eigenvalue weighted by molar-refractivity contribution is 6.39. The molecule has 0 aliphatic heterocycles. The Morgan fingerprint density at radius 2 is 1.61 bits per heavy atom. The second kappa shape index (κ2) is 12.2. The van der Waals surface area contributed by atoms with E-state index in [1.807, 2.05) is 32.9 Å². The summed E-state index contributed by atoms with van der Waals surface area (Å²) in [5.74, 6) is -1.23. The van der Waals surface area contributed by atoms with E-state index in [0.29, 0.717) is 22.7 Å². The van der Waals surface area contributed by atoms with Gasteiger partial charge in [0.25, 0.3) is 5.91 Å². The van der Waals surface area contributed by atoms with Gasteiger partial charge in [0, 0.05) is 5.69 Å². The molecule has 3 rings (SSSR count). The van der Waals surface area contributed by atoms with Gasteiger partial charge in [0.15, 0.2) is 6.61 Å². The van der Waals surface area contributed by atoms with E-state index in [1.54, 1.807) is 48.5 Å². The van der Waals surface area contributed by atoms with Crippen molar-refractivity contribution < 1.29 is 23.9 Å². The Kier molecular flexibility index (Phi) is 8.77. The fourth-order valence-electron chi connectivity index (χ4n) is 3.53. The molecule has 0 saturated heterocycles. The molecule has 36 heavy (non-hydrogen) atoms. The highest BCUT2D eigenvalue weighted by Gasteiger charge is 2.15. The number of hydrogen-bond donors (Lipinski definition) is 3. The summed E-state index contributed by atoms with van der Waals surface area (Å²) in [6.07, 6.45) is 1.36. The molecule has 0 saturated carbocycles. The molecule has 0 radical (unpaired) electrons. The van der Waals surface area contributed by atoms with E-state index in [1.165, 1.54) is 13.3 Å². The molecular formula is C27H28N4O5. The van der Waals surface area contributed by atoms with Crippen LogP contribution in [0.4, 0.5) is 11.4 Å². The van der Waals surface area contributed by atoms with Crippen molar-refractivity contribution in [3.05, 3.63) is 82.9 Å². The van der Waals surface area contributed by atoms with Crippen LogP contribution in [0.5, 0.6) is 11.5 Å². The minimum atomic E-state index is -0.942. The molecule has 3 aromatic carbocycles. The number of para-hydroxylation sites is 2. The summed E-state index contributed by atoms with van der Waals surface area (Å²) < 4.78 is 10.7. The van der Waals surface area contributed by atoms with Gasteiger partial charge in [0.1, 0.15) is 11.5 Å². The van der Waals surface area contributed by atoms with Crippen molar-refractivity contribution in [1.29, 1.82) is 0 Å². The topological polar surface area (TPSA) is 118 Å². The third-order valence-corrected chi connectivity index (χ3v) is 5.11. The Balaban J connectivity index is 1.52. The minimum Gasteiger partial charge on any atom is -0.495 e. The molecule has 3 amide bonds. The lowest BCUT2D eigenvalue weighted by atomic mass is 10.1. The van der Waals surface area contributed by atoms with E-state index in [4.69, 9.17) is 9.47 Å². The maximum atomic E-state index is 12.4. The van der Waals surface area contributed by atoms with Gasteiger partial charge in [-0.2, -0.15) is 5.10 Å². The Morgan fingerprint density at radius 3 is 2.33 bits per heavy atom.